The Kier molecular flexibility index (Phi) is 4.91. The Balaban J connectivity index is 1.77. The van der Waals surface area contributed by atoms with E-state index in [1.165, 1.54) is 0 Å². The largest absolute Gasteiger partial charge is 0.340 e. The van der Waals surface area contributed by atoms with Crippen molar-refractivity contribution in [2.24, 2.45) is 0 Å². The van der Waals surface area contributed by atoms with Gasteiger partial charge in [0.25, 0.3) is 0 Å². The van der Waals surface area contributed by atoms with Crippen molar-refractivity contribution in [2.45, 2.75) is 39.7 Å². The molecule has 6 nitrogen and oxygen atoms in total. The number of aryl methyl sites for hydroxylation is 3. The summed E-state index contributed by atoms with van der Waals surface area (Å²) in [6.07, 6.45) is 4.33. The van der Waals surface area contributed by atoms with Crippen LogP contribution in [0.3, 0.4) is 0 Å². The third kappa shape index (κ3) is 3.52. The van der Waals surface area contributed by atoms with Crippen LogP contribution in [-0.4, -0.2) is 51.5 Å². The summed E-state index contributed by atoms with van der Waals surface area (Å²) in [6.45, 7) is 8.23. The average molecular weight is 315 g/mol. The fourth-order valence-electron chi connectivity index (χ4n) is 3.09. The Morgan fingerprint density at radius 3 is 2.87 bits per heavy atom. The molecule has 6 heteroatoms. The lowest BCUT2D eigenvalue weighted by molar-refractivity contribution is -0.131. The molecule has 2 aromatic heterocycles. The molecule has 1 N–H and O–H groups in total. The average Bonchev–Trinajstić information content (AvgIpc) is 2.90. The Labute approximate surface area is 136 Å². The van der Waals surface area contributed by atoms with Gasteiger partial charge in [0, 0.05) is 51.8 Å². The zero-order chi connectivity index (χ0) is 16.2. The summed E-state index contributed by atoms with van der Waals surface area (Å²) in [5, 5.41) is 3.28. The number of carbonyl (C=O) groups is 1. The molecule has 1 aliphatic rings. The number of hydrogen-bond acceptors (Lipinski definition) is 4. The van der Waals surface area contributed by atoms with Crippen LogP contribution in [0, 0.1) is 6.92 Å². The molecule has 0 atom stereocenters. The zero-order valence-electron chi connectivity index (χ0n) is 14.0. The van der Waals surface area contributed by atoms with Crippen molar-refractivity contribution in [3.8, 4) is 0 Å². The maximum atomic E-state index is 12.4. The first-order valence-electron chi connectivity index (χ1n) is 8.49. The molecule has 124 valence electrons. The normalized spacial score (nSPS) is 15.3. The lowest BCUT2D eigenvalue weighted by Gasteiger charge is -2.27. The molecule has 2 aromatic rings. The number of piperazine rings is 1. The molecule has 0 spiro atoms. The van der Waals surface area contributed by atoms with Crippen LogP contribution in [0.1, 0.15) is 31.2 Å². The molecule has 0 aliphatic carbocycles. The molecule has 1 saturated heterocycles. The van der Waals surface area contributed by atoms with Crippen molar-refractivity contribution in [1.29, 1.82) is 0 Å². The highest BCUT2D eigenvalue weighted by Crippen LogP contribution is 2.17. The summed E-state index contributed by atoms with van der Waals surface area (Å²) < 4.78 is 2.12. The molecule has 0 unspecified atom stereocenters. The van der Waals surface area contributed by atoms with Gasteiger partial charge in [-0.2, -0.15) is 0 Å². The molecule has 0 bridgehead atoms. The van der Waals surface area contributed by atoms with Crippen LogP contribution in [0.2, 0.25) is 0 Å². The van der Waals surface area contributed by atoms with E-state index < -0.39 is 0 Å². The van der Waals surface area contributed by atoms with E-state index in [1.54, 1.807) is 0 Å². The second kappa shape index (κ2) is 7.08. The van der Waals surface area contributed by atoms with Gasteiger partial charge in [-0.05, 0) is 25.0 Å². The van der Waals surface area contributed by atoms with Crippen LogP contribution in [0.4, 0.5) is 0 Å². The summed E-state index contributed by atoms with van der Waals surface area (Å²) >= 11 is 0. The minimum atomic E-state index is 0.225. The van der Waals surface area contributed by atoms with Crippen molar-refractivity contribution < 1.29 is 4.79 Å². The summed E-state index contributed by atoms with van der Waals surface area (Å²) in [5.74, 6) is 1.26. The fraction of sp³-hybridized carbons (Fsp3) is 0.588. The number of pyridine rings is 1. The minimum Gasteiger partial charge on any atom is -0.340 e. The molecule has 1 aliphatic heterocycles. The van der Waals surface area contributed by atoms with Crippen LogP contribution in [0.15, 0.2) is 12.3 Å². The third-order valence-corrected chi connectivity index (χ3v) is 4.29. The smallest absolute Gasteiger partial charge is 0.224 e. The third-order valence-electron chi connectivity index (χ3n) is 4.29. The van der Waals surface area contributed by atoms with Gasteiger partial charge < -0.3 is 14.8 Å². The van der Waals surface area contributed by atoms with E-state index in [1.807, 2.05) is 18.0 Å². The van der Waals surface area contributed by atoms with Crippen molar-refractivity contribution in [3.05, 3.63) is 23.7 Å². The van der Waals surface area contributed by atoms with Gasteiger partial charge in [0.15, 0.2) is 5.65 Å². The standard InChI is InChI=1S/C17H25N5O/c1-3-4-15-20-14-11-13(2)12-19-17(14)22(15)8-5-16(23)21-9-6-18-7-10-21/h11-12,18H,3-10H2,1-2H3. The first-order chi connectivity index (χ1) is 11.2. The summed E-state index contributed by atoms with van der Waals surface area (Å²) in [5.41, 5.74) is 2.94. The Morgan fingerprint density at radius 2 is 2.13 bits per heavy atom. The van der Waals surface area contributed by atoms with Crippen molar-refractivity contribution in [3.63, 3.8) is 0 Å². The molecule has 23 heavy (non-hydrogen) atoms. The number of aromatic nitrogens is 3. The molecular formula is C17H25N5O. The summed E-state index contributed by atoms with van der Waals surface area (Å²) in [4.78, 5) is 23.6. The monoisotopic (exact) mass is 315 g/mol. The maximum Gasteiger partial charge on any atom is 0.224 e. The Bertz CT molecular complexity index is 688. The van der Waals surface area contributed by atoms with Gasteiger partial charge in [0.1, 0.15) is 11.3 Å². The summed E-state index contributed by atoms with van der Waals surface area (Å²) in [6, 6.07) is 2.07. The lowest BCUT2D eigenvalue weighted by atomic mass is 10.3. The van der Waals surface area contributed by atoms with Crippen LogP contribution in [0.5, 0.6) is 0 Å². The van der Waals surface area contributed by atoms with Crippen LogP contribution in [0.25, 0.3) is 11.2 Å². The molecular weight excluding hydrogens is 290 g/mol. The quantitative estimate of drug-likeness (QED) is 0.908. The van der Waals surface area contributed by atoms with Gasteiger partial charge in [-0.25, -0.2) is 9.97 Å². The number of hydrogen-bond donors (Lipinski definition) is 1. The number of rotatable bonds is 5. The summed E-state index contributed by atoms with van der Waals surface area (Å²) in [7, 11) is 0. The number of nitrogens with zero attached hydrogens (tertiary/aromatic N) is 4. The number of imidazole rings is 1. The van der Waals surface area contributed by atoms with E-state index >= 15 is 0 Å². The second-order valence-electron chi connectivity index (χ2n) is 6.17. The SMILES string of the molecule is CCCc1nc2cc(C)cnc2n1CCC(=O)N1CCNCC1. The Hall–Kier alpha value is -1.95. The highest BCUT2D eigenvalue weighted by Gasteiger charge is 2.18. The molecule has 0 saturated carbocycles. The van der Waals surface area contributed by atoms with Gasteiger partial charge >= 0.3 is 0 Å². The predicted octanol–water partition coefficient (Wildman–Crippen LogP) is 1.51. The molecule has 1 amide bonds. The second-order valence-corrected chi connectivity index (χ2v) is 6.17. The van der Waals surface area contributed by atoms with Gasteiger partial charge in [0.05, 0.1) is 0 Å². The number of carbonyl (C=O) groups excluding carboxylic acids is 1. The highest BCUT2D eigenvalue weighted by atomic mass is 16.2. The number of amides is 1. The fourth-order valence-corrected chi connectivity index (χ4v) is 3.09. The molecule has 1 fully saturated rings. The first kappa shape index (κ1) is 15.9. The van der Waals surface area contributed by atoms with Crippen molar-refractivity contribution in [1.82, 2.24) is 24.8 Å². The predicted molar refractivity (Wildman–Crippen MR) is 90.3 cm³/mol. The van der Waals surface area contributed by atoms with Crippen LogP contribution in [-0.2, 0) is 17.8 Å². The van der Waals surface area contributed by atoms with Gasteiger partial charge in [-0.15, -0.1) is 0 Å². The van der Waals surface area contributed by atoms with Crippen molar-refractivity contribution >= 4 is 17.1 Å². The van der Waals surface area contributed by atoms with E-state index in [0.29, 0.717) is 13.0 Å². The van der Waals surface area contributed by atoms with E-state index in [2.05, 4.69) is 27.9 Å². The number of fused-ring (bicyclic) bond motifs is 1. The highest BCUT2D eigenvalue weighted by molar-refractivity contribution is 5.77. The van der Waals surface area contributed by atoms with Crippen LogP contribution >= 0.6 is 0 Å². The van der Waals surface area contributed by atoms with Crippen LogP contribution < -0.4 is 5.32 Å². The van der Waals surface area contributed by atoms with Crippen molar-refractivity contribution in [2.75, 3.05) is 26.2 Å². The topological polar surface area (TPSA) is 63.1 Å². The zero-order valence-corrected chi connectivity index (χ0v) is 14.0. The lowest BCUT2D eigenvalue weighted by Crippen LogP contribution is -2.46. The molecule has 0 radical (unpaired) electrons. The maximum absolute atomic E-state index is 12.4. The van der Waals surface area contributed by atoms with Gasteiger partial charge in [-0.3, -0.25) is 4.79 Å². The van der Waals surface area contributed by atoms with E-state index in [9.17, 15) is 4.79 Å². The van der Waals surface area contributed by atoms with Gasteiger partial charge in [-0.1, -0.05) is 6.92 Å². The molecule has 0 aromatic carbocycles. The number of nitrogens with one attached hydrogen (secondary N) is 1. The first-order valence-corrected chi connectivity index (χ1v) is 8.49. The minimum absolute atomic E-state index is 0.225. The van der Waals surface area contributed by atoms with E-state index in [0.717, 1.165) is 61.6 Å². The molecule has 3 heterocycles. The Morgan fingerprint density at radius 1 is 1.35 bits per heavy atom. The van der Waals surface area contributed by atoms with Gasteiger partial charge in [0.2, 0.25) is 5.91 Å². The van der Waals surface area contributed by atoms with E-state index in [4.69, 9.17) is 4.98 Å². The molecule has 3 rings (SSSR count). The van der Waals surface area contributed by atoms with E-state index in [-0.39, 0.29) is 5.91 Å².